The lowest BCUT2D eigenvalue weighted by Crippen LogP contribution is -2.26. The number of fused-ring (bicyclic) bond motifs is 1. The number of amides is 1. The summed E-state index contributed by atoms with van der Waals surface area (Å²) in [5.41, 5.74) is 3.22. The zero-order chi connectivity index (χ0) is 13.0. The van der Waals surface area contributed by atoms with Gasteiger partial charge < -0.3 is 10.3 Å². The minimum atomic E-state index is 0.132. The van der Waals surface area contributed by atoms with E-state index in [0.717, 1.165) is 17.5 Å². The molecule has 0 aliphatic carbocycles. The molecule has 1 aromatic carbocycles. The fraction of sp³-hybridized carbons (Fsp3) is 0.429. The average Bonchev–Trinajstić information content (AvgIpc) is 2.75. The molecule has 2 N–H and O–H groups in total. The lowest BCUT2D eigenvalue weighted by molar-refractivity contribution is -0.121. The normalized spacial score (nSPS) is 11.1. The van der Waals surface area contributed by atoms with Gasteiger partial charge in [-0.15, -0.1) is 0 Å². The van der Waals surface area contributed by atoms with Crippen molar-refractivity contribution in [2.45, 2.75) is 26.7 Å². The monoisotopic (exact) mass is 245 g/mol. The molecule has 2 aromatic rings. The van der Waals surface area contributed by atoms with Gasteiger partial charge in [0.1, 0.15) is 0 Å². The van der Waals surface area contributed by atoms with Crippen LogP contribution in [0.2, 0.25) is 0 Å². The van der Waals surface area contributed by atoms with Crippen molar-refractivity contribution in [1.82, 2.24) is 15.3 Å². The highest BCUT2D eigenvalue weighted by atomic mass is 16.1. The van der Waals surface area contributed by atoms with Gasteiger partial charge >= 0.3 is 0 Å². The summed E-state index contributed by atoms with van der Waals surface area (Å²) >= 11 is 0. The van der Waals surface area contributed by atoms with Crippen LogP contribution in [0.25, 0.3) is 11.0 Å². The van der Waals surface area contributed by atoms with Crippen LogP contribution < -0.4 is 5.32 Å². The van der Waals surface area contributed by atoms with Gasteiger partial charge in [0.2, 0.25) is 5.91 Å². The third-order valence-electron chi connectivity index (χ3n) is 2.81. The third-order valence-corrected chi connectivity index (χ3v) is 2.81. The number of rotatable bonds is 5. The number of hydrogen-bond acceptors (Lipinski definition) is 2. The van der Waals surface area contributed by atoms with Crippen molar-refractivity contribution in [2.24, 2.45) is 5.92 Å². The number of nitrogens with zero attached hydrogens (tertiary/aromatic N) is 1. The van der Waals surface area contributed by atoms with Gasteiger partial charge in [0.05, 0.1) is 17.4 Å². The summed E-state index contributed by atoms with van der Waals surface area (Å²) in [6.07, 6.45) is 3.14. The van der Waals surface area contributed by atoms with Gasteiger partial charge in [0.15, 0.2) is 0 Å². The summed E-state index contributed by atoms with van der Waals surface area (Å²) < 4.78 is 0. The number of aromatic amines is 1. The van der Waals surface area contributed by atoms with E-state index < -0.39 is 0 Å². The highest BCUT2D eigenvalue weighted by molar-refractivity contribution is 5.76. The molecule has 0 saturated heterocycles. The van der Waals surface area contributed by atoms with Gasteiger partial charge in [-0.1, -0.05) is 19.9 Å². The SMILES string of the molecule is CC(C)CC(=O)NCCc1ccc2nc[nH]c2c1. The molecule has 0 spiro atoms. The highest BCUT2D eigenvalue weighted by Gasteiger charge is 2.04. The number of carbonyl (C=O) groups excluding carboxylic acids is 1. The van der Waals surface area contributed by atoms with Crippen LogP contribution in [0.5, 0.6) is 0 Å². The first-order valence-corrected chi connectivity index (χ1v) is 6.34. The van der Waals surface area contributed by atoms with E-state index in [1.807, 2.05) is 19.9 Å². The van der Waals surface area contributed by atoms with Crippen molar-refractivity contribution in [3.63, 3.8) is 0 Å². The Hall–Kier alpha value is -1.84. The fourth-order valence-electron chi connectivity index (χ4n) is 1.93. The van der Waals surface area contributed by atoms with Crippen molar-refractivity contribution in [2.75, 3.05) is 6.54 Å². The lowest BCUT2D eigenvalue weighted by atomic mass is 10.1. The molecule has 0 bridgehead atoms. The Morgan fingerprint density at radius 2 is 2.28 bits per heavy atom. The van der Waals surface area contributed by atoms with Gasteiger partial charge in [-0.3, -0.25) is 4.79 Å². The van der Waals surface area contributed by atoms with E-state index in [0.29, 0.717) is 18.9 Å². The van der Waals surface area contributed by atoms with Crippen LogP contribution in [0.1, 0.15) is 25.8 Å². The van der Waals surface area contributed by atoms with Crippen molar-refractivity contribution in [3.05, 3.63) is 30.1 Å². The molecular weight excluding hydrogens is 226 g/mol. The number of H-pyrrole nitrogens is 1. The molecule has 0 aliphatic heterocycles. The van der Waals surface area contributed by atoms with Gasteiger partial charge in [0.25, 0.3) is 0 Å². The smallest absolute Gasteiger partial charge is 0.220 e. The molecule has 0 saturated carbocycles. The molecule has 1 heterocycles. The molecular formula is C14H19N3O. The van der Waals surface area contributed by atoms with E-state index in [-0.39, 0.29) is 5.91 Å². The molecule has 96 valence electrons. The third kappa shape index (κ3) is 3.32. The maximum absolute atomic E-state index is 11.5. The molecule has 0 unspecified atom stereocenters. The standard InChI is InChI=1S/C14H19N3O/c1-10(2)7-14(18)15-6-5-11-3-4-12-13(8-11)17-9-16-12/h3-4,8-10H,5-7H2,1-2H3,(H,15,18)(H,16,17). The van der Waals surface area contributed by atoms with E-state index in [9.17, 15) is 4.79 Å². The summed E-state index contributed by atoms with van der Waals surface area (Å²) in [6, 6.07) is 6.13. The van der Waals surface area contributed by atoms with E-state index >= 15 is 0 Å². The minimum absolute atomic E-state index is 0.132. The Morgan fingerprint density at radius 3 is 3.06 bits per heavy atom. The predicted molar refractivity (Wildman–Crippen MR) is 72.3 cm³/mol. The van der Waals surface area contributed by atoms with Crippen molar-refractivity contribution in [1.29, 1.82) is 0 Å². The number of carbonyl (C=O) groups is 1. The highest BCUT2D eigenvalue weighted by Crippen LogP contribution is 2.11. The van der Waals surface area contributed by atoms with Gasteiger partial charge in [-0.2, -0.15) is 0 Å². The zero-order valence-electron chi connectivity index (χ0n) is 10.9. The quantitative estimate of drug-likeness (QED) is 0.849. The Bertz CT molecular complexity index is 531. The zero-order valence-corrected chi connectivity index (χ0v) is 10.9. The Kier molecular flexibility index (Phi) is 3.97. The number of hydrogen-bond donors (Lipinski definition) is 2. The van der Waals surface area contributed by atoms with Crippen LogP contribution in [-0.2, 0) is 11.2 Å². The second kappa shape index (κ2) is 5.67. The second-order valence-corrected chi connectivity index (χ2v) is 4.95. The molecule has 0 radical (unpaired) electrons. The van der Waals surface area contributed by atoms with Crippen LogP contribution in [0.3, 0.4) is 0 Å². The summed E-state index contributed by atoms with van der Waals surface area (Å²) in [5, 5.41) is 2.94. The van der Waals surface area contributed by atoms with Crippen molar-refractivity contribution < 1.29 is 4.79 Å². The second-order valence-electron chi connectivity index (χ2n) is 4.95. The van der Waals surface area contributed by atoms with E-state index in [1.54, 1.807) is 6.33 Å². The van der Waals surface area contributed by atoms with E-state index in [2.05, 4.69) is 27.4 Å². The molecule has 4 heteroatoms. The molecule has 1 aromatic heterocycles. The van der Waals surface area contributed by atoms with Crippen molar-refractivity contribution >= 4 is 16.9 Å². The Balaban J connectivity index is 1.84. The maximum atomic E-state index is 11.5. The largest absolute Gasteiger partial charge is 0.356 e. The molecule has 2 rings (SSSR count). The lowest BCUT2D eigenvalue weighted by Gasteiger charge is -2.07. The molecule has 0 atom stereocenters. The first kappa shape index (κ1) is 12.6. The number of benzene rings is 1. The fourth-order valence-corrected chi connectivity index (χ4v) is 1.93. The summed E-state index contributed by atoms with van der Waals surface area (Å²) in [4.78, 5) is 18.7. The summed E-state index contributed by atoms with van der Waals surface area (Å²) in [7, 11) is 0. The maximum Gasteiger partial charge on any atom is 0.220 e. The summed E-state index contributed by atoms with van der Waals surface area (Å²) in [6.45, 7) is 4.78. The first-order valence-electron chi connectivity index (χ1n) is 6.34. The van der Waals surface area contributed by atoms with E-state index in [4.69, 9.17) is 0 Å². The van der Waals surface area contributed by atoms with E-state index in [1.165, 1.54) is 5.56 Å². The number of nitrogens with one attached hydrogen (secondary N) is 2. The first-order chi connectivity index (χ1) is 8.65. The average molecular weight is 245 g/mol. The minimum Gasteiger partial charge on any atom is -0.356 e. The van der Waals surface area contributed by atoms with Gasteiger partial charge in [-0.05, 0) is 30.0 Å². The summed E-state index contributed by atoms with van der Waals surface area (Å²) in [5.74, 6) is 0.541. The Labute approximate surface area is 107 Å². The van der Waals surface area contributed by atoms with Crippen LogP contribution >= 0.6 is 0 Å². The van der Waals surface area contributed by atoms with Gasteiger partial charge in [0, 0.05) is 13.0 Å². The Morgan fingerprint density at radius 1 is 1.44 bits per heavy atom. The van der Waals surface area contributed by atoms with Crippen LogP contribution in [-0.4, -0.2) is 22.4 Å². The van der Waals surface area contributed by atoms with Crippen LogP contribution in [0.15, 0.2) is 24.5 Å². The van der Waals surface area contributed by atoms with Gasteiger partial charge in [-0.25, -0.2) is 4.98 Å². The number of aromatic nitrogens is 2. The molecule has 1 amide bonds. The number of imidazole rings is 1. The topological polar surface area (TPSA) is 57.8 Å². The van der Waals surface area contributed by atoms with Crippen LogP contribution in [0, 0.1) is 5.92 Å². The van der Waals surface area contributed by atoms with Crippen molar-refractivity contribution in [3.8, 4) is 0 Å². The molecule has 4 nitrogen and oxygen atoms in total. The molecule has 0 aliphatic rings. The van der Waals surface area contributed by atoms with Crippen LogP contribution in [0.4, 0.5) is 0 Å². The molecule has 0 fully saturated rings. The predicted octanol–water partition coefficient (Wildman–Crippen LogP) is 2.27. The molecule has 18 heavy (non-hydrogen) atoms.